The lowest BCUT2D eigenvalue weighted by atomic mass is 10.0. The lowest BCUT2D eigenvalue weighted by Crippen LogP contribution is -2.12. The summed E-state index contributed by atoms with van der Waals surface area (Å²) in [6.45, 7) is 3.75. The monoisotopic (exact) mass is 215 g/mol. The van der Waals surface area contributed by atoms with Gasteiger partial charge in [-0.2, -0.15) is 4.98 Å². The average molecular weight is 215 g/mol. The molecular weight excluding hydrogens is 202 g/mol. The number of hydrogen-bond donors (Lipinski definition) is 2. The van der Waals surface area contributed by atoms with Gasteiger partial charge in [0.15, 0.2) is 0 Å². The van der Waals surface area contributed by atoms with Crippen molar-refractivity contribution in [1.82, 2.24) is 9.97 Å². The van der Waals surface area contributed by atoms with Gasteiger partial charge in [0.2, 0.25) is 0 Å². The number of H-pyrrole nitrogens is 1. The molecule has 2 rings (SSSR count). The number of nitrogens with one attached hydrogen (secondary N) is 1. The van der Waals surface area contributed by atoms with E-state index in [9.17, 15) is 4.79 Å². The van der Waals surface area contributed by atoms with E-state index in [1.54, 1.807) is 0 Å². The predicted octanol–water partition coefficient (Wildman–Crippen LogP) is 1.64. The minimum atomic E-state index is -0.336. The number of benzene rings is 1. The molecule has 0 bridgehead atoms. The average Bonchev–Trinajstić information content (AvgIpc) is 2.20. The van der Waals surface area contributed by atoms with E-state index in [-0.39, 0.29) is 5.69 Å². The molecule has 3 N–H and O–H groups in total. The van der Waals surface area contributed by atoms with E-state index in [0.717, 1.165) is 16.8 Å². The number of nitrogen functional groups attached to an aromatic ring is 1. The minimum absolute atomic E-state index is 0.336. The summed E-state index contributed by atoms with van der Waals surface area (Å²) < 4.78 is 0. The molecule has 4 heteroatoms. The van der Waals surface area contributed by atoms with Crippen molar-refractivity contribution in [2.45, 2.75) is 13.8 Å². The summed E-state index contributed by atoms with van der Waals surface area (Å²) in [7, 11) is 0. The normalized spacial score (nSPS) is 10.4. The van der Waals surface area contributed by atoms with E-state index < -0.39 is 0 Å². The molecule has 0 saturated heterocycles. The molecule has 0 spiro atoms. The van der Waals surface area contributed by atoms with Crippen molar-refractivity contribution in [3.8, 4) is 11.3 Å². The Kier molecular flexibility index (Phi) is 2.48. The second-order valence-corrected chi connectivity index (χ2v) is 3.77. The van der Waals surface area contributed by atoms with Gasteiger partial charge >= 0.3 is 5.69 Å². The Morgan fingerprint density at radius 1 is 1.31 bits per heavy atom. The molecule has 1 aromatic heterocycles. The van der Waals surface area contributed by atoms with Gasteiger partial charge in [-0.1, -0.05) is 12.1 Å². The Balaban J connectivity index is 2.67. The van der Waals surface area contributed by atoms with Gasteiger partial charge in [0.1, 0.15) is 0 Å². The van der Waals surface area contributed by atoms with Crippen molar-refractivity contribution in [3.63, 3.8) is 0 Å². The Morgan fingerprint density at radius 2 is 2.06 bits per heavy atom. The third kappa shape index (κ3) is 1.82. The quantitative estimate of drug-likeness (QED) is 0.710. The fourth-order valence-electron chi connectivity index (χ4n) is 1.65. The van der Waals surface area contributed by atoms with Crippen LogP contribution in [-0.4, -0.2) is 9.97 Å². The van der Waals surface area contributed by atoms with E-state index in [1.165, 1.54) is 0 Å². The number of aryl methyl sites for hydroxylation is 1. The Bertz CT molecular complexity index is 587. The summed E-state index contributed by atoms with van der Waals surface area (Å²) in [4.78, 5) is 17.8. The SMILES string of the molecule is Cc1cc(-c2cccc(N)c2C)nc(=O)[nH]1. The molecule has 0 aliphatic carbocycles. The summed E-state index contributed by atoms with van der Waals surface area (Å²) in [5, 5.41) is 0. The first-order chi connectivity index (χ1) is 7.58. The van der Waals surface area contributed by atoms with Crippen LogP contribution in [0.1, 0.15) is 11.3 Å². The van der Waals surface area contributed by atoms with Gasteiger partial charge in [0.25, 0.3) is 0 Å². The van der Waals surface area contributed by atoms with E-state index in [0.29, 0.717) is 11.4 Å². The van der Waals surface area contributed by atoms with Crippen LogP contribution in [0.15, 0.2) is 29.1 Å². The van der Waals surface area contributed by atoms with Crippen molar-refractivity contribution in [3.05, 3.63) is 46.0 Å². The zero-order valence-corrected chi connectivity index (χ0v) is 9.24. The van der Waals surface area contributed by atoms with Crippen LogP contribution in [0.3, 0.4) is 0 Å². The Hall–Kier alpha value is -2.10. The molecule has 0 saturated carbocycles. The zero-order valence-electron chi connectivity index (χ0n) is 9.24. The molecule has 0 fully saturated rings. The third-order valence-corrected chi connectivity index (χ3v) is 2.53. The summed E-state index contributed by atoms with van der Waals surface area (Å²) in [6, 6.07) is 7.44. The largest absolute Gasteiger partial charge is 0.398 e. The van der Waals surface area contributed by atoms with Gasteiger partial charge in [-0.05, 0) is 31.5 Å². The maximum absolute atomic E-state index is 11.3. The van der Waals surface area contributed by atoms with Gasteiger partial charge in [-0.15, -0.1) is 0 Å². The van der Waals surface area contributed by atoms with Gasteiger partial charge in [0.05, 0.1) is 5.69 Å². The van der Waals surface area contributed by atoms with Crippen LogP contribution in [-0.2, 0) is 0 Å². The molecular formula is C12H13N3O. The minimum Gasteiger partial charge on any atom is -0.398 e. The third-order valence-electron chi connectivity index (χ3n) is 2.53. The number of nitrogens with two attached hydrogens (primary N) is 1. The first kappa shape index (κ1) is 10.4. The maximum atomic E-state index is 11.3. The van der Waals surface area contributed by atoms with Gasteiger partial charge in [-0.25, -0.2) is 4.79 Å². The van der Waals surface area contributed by atoms with Gasteiger partial charge in [-0.3, -0.25) is 0 Å². The summed E-state index contributed by atoms with van der Waals surface area (Å²) in [6.07, 6.45) is 0. The number of anilines is 1. The summed E-state index contributed by atoms with van der Waals surface area (Å²) >= 11 is 0. The molecule has 4 nitrogen and oxygen atoms in total. The Labute approximate surface area is 93.2 Å². The Morgan fingerprint density at radius 3 is 2.75 bits per heavy atom. The van der Waals surface area contributed by atoms with Crippen LogP contribution in [0.5, 0.6) is 0 Å². The van der Waals surface area contributed by atoms with Gasteiger partial charge < -0.3 is 10.7 Å². The number of nitrogens with zero attached hydrogens (tertiary/aromatic N) is 1. The summed E-state index contributed by atoms with van der Waals surface area (Å²) in [5.74, 6) is 0. The van der Waals surface area contributed by atoms with Crippen LogP contribution in [0.25, 0.3) is 11.3 Å². The molecule has 16 heavy (non-hydrogen) atoms. The molecule has 1 heterocycles. The number of rotatable bonds is 1. The van der Waals surface area contributed by atoms with Crippen molar-refractivity contribution in [2.24, 2.45) is 0 Å². The van der Waals surface area contributed by atoms with Crippen molar-refractivity contribution < 1.29 is 0 Å². The highest BCUT2D eigenvalue weighted by Gasteiger charge is 2.06. The molecule has 1 aromatic carbocycles. The van der Waals surface area contributed by atoms with E-state index >= 15 is 0 Å². The van der Waals surface area contributed by atoms with Crippen molar-refractivity contribution in [1.29, 1.82) is 0 Å². The fourth-order valence-corrected chi connectivity index (χ4v) is 1.65. The van der Waals surface area contributed by atoms with Crippen LogP contribution in [0, 0.1) is 13.8 Å². The van der Waals surface area contributed by atoms with Gasteiger partial charge in [0, 0.05) is 16.9 Å². The highest BCUT2D eigenvalue weighted by atomic mass is 16.1. The van der Waals surface area contributed by atoms with Crippen molar-refractivity contribution in [2.75, 3.05) is 5.73 Å². The fraction of sp³-hybridized carbons (Fsp3) is 0.167. The molecule has 0 atom stereocenters. The number of hydrogen-bond acceptors (Lipinski definition) is 3. The van der Waals surface area contributed by atoms with Crippen molar-refractivity contribution >= 4 is 5.69 Å². The second-order valence-electron chi connectivity index (χ2n) is 3.77. The molecule has 0 unspecified atom stereocenters. The highest BCUT2D eigenvalue weighted by molar-refractivity contribution is 5.69. The molecule has 0 aliphatic heterocycles. The number of aromatic nitrogens is 2. The zero-order chi connectivity index (χ0) is 11.7. The molecule has 2 aromatic rings. The number of aromatic amines is 1. The van der Waals surface area contributed by atoms with E-state index in [2.05, 4.69) is 9.97 Å². The molecule has 82 valence electrons. The lowest BCUT2D eigenvalue weighted by Gasteiger charge is -2.07. The first-order valence-corrected chi connectivity index (χ1v) is 5.01. The van der Waals surface area contributed by atoms with E-state index in [4.69, 9.17) is 5.73 Å². The highest BCUT2D eigenvalue weighted by Crippen LogP contribution is 2.24. The molecule has 0 aliphatic rings. The smallest absolute Gasteiger partial charge is 0.345 e. The predicted molar refractivity (Wildman–Crippen MR) is 64.2 cm³/mol. The van der Waals surface area contributed by atoms with Crippen LogP contribution in [0.2, 0.25) is 0 Å². The van der Waals surface area contributed by atoms with E-state index in [1.807, 2.05) is 38.1 Å². The standard InChI is InChI=1S/C12H13N3O/c1-7-6-11(15-12(16)14-7)9-4-3-5-10(13)8(9)2/h3-6H,13H2,1-2H3,(H,14,15,16). The first-order valence-electron chi connectivity index (χ1n) is 5.01. The van der Waals surface area contributed by atoms with Crippen LogP contribution < -0.4 is 11.4 Å². The van der Waals surface area contributed by atoms with Crippen LogP contribution in [0.4, 0.5) is 5.69 Å². The maximum Gasteiger partial charge on any atom is 0.345 e. The lowest BCUT2D eigenvalue weighted by molar-refractivity contribution is 1.03. The molecule has 0 amide bonds. The molecule has 0 radical (unpaired) electrons. The second kappa shape index (κ2) is 3.81. The van der Waals surface area contributed by atoms with Crippen LogP contribution >= 0.6 is 0 Å². The summed E-state index contributed by atoms with van der Waals surface area (Å²) in [5.41, 5.74) is 9.48. The topological polar surface area (TPSA) is 71.8 Å².